The first-order valence-corrected chi connectivity index (χ1v) is 6.69. The van der Waals surface area contributed by atoms with E-state index in [0.29, 0.717) is 19.3 Å². The minimum Gasteiger partial charge on any atom is -0.456 e. The van der Waals surface area contributed by atoms with E-state index in [1.165, 1.54) is 0 Å². The van der Waals surface area contributed by atoms with E-state index in [-0.39, 0.29) is 18.2 Å². The highest BCUT2D eigenvalue weighted by Crippen LogP contribution is 2.57. The van der Waals surface area contributed by atoms with Crippen molar-refractivity contribution in [2.45, 2.75) is 56.5 Å². The fourth-order valence-corrected chi connectivity index (χ4v) is 3.99. The molecule has 3 saturated heterocycles. The first-order chi connectivity index (χ1) is 8.95. The molecule has 0 aromatic carbocycles. The van der Waals surface area contributed by atoms with Crippen molar-refractivity contribution in [1.82, 2.24) is 0 Å². The molecule has 5 heteroatoms. The molecule has 3 heterocycles. The van der Waals surface area contributed by atoms with Crippen LogP contribution in [0.1, 0.15) is 33.1 Å². The third-order valence-corrected chi connectivity index (χ3v) is 4.58. The molecule has 3 aliphatic heterocycles. The number of hydrogen-bond acceptors (Lipinski definition) is 5. The zero-order chi connectivity index (χ0) is 13.8. The maximum Gasteiger partial charge on any atom is 0.330 e. The van der Waals surface area contributed by atoms with Gasteiger partial charge in [0.15, 0.2) is 5.60 Å². The molecule has 0 radical (unpaired) electrons. The molecule has 0 aromatic rings. The van der Waals surface area contributed by atoms with Crippen molar-refractivity contribution in [2.24, 2.45) is 5.92 Å². The van der Waals surface area contributed by atoms with E-state index in [1.807, 2.05) is 13.8 Å². The van der Waals surface area contributed by atoms with Crippen molar-refractivity contribution in [3.8, 4) is 0 Å². The third-order valence-electron chi connectivity index (χ3n) is 4.58. The fourth-order valence-electron chi connectivity index (χ4n) is 3.99. The predicted molar refractivity (Wildman–Crippen MR) is 65.2 cm³/mol. The Morgan fingerprint density at radius 1 is 1.58 bits per heavy atom. The lowest BCUT2D eigenvalue weighted by atomic mass is 9.66. The molecule has 2 bridgehead atoms. The molecule has 19 heavy (non-hydrogen) atoms. The average molecular weight is 266 g/mol. The summed E-state index contributed by atoms with van der Waals surface area (Å²) < 4.78 is 17.1. The van der Waals surface area contributed by atoms with Gasteiger partial charge < -0.3 is 14.2 Å². The molecule has 5 unspecified atom stereocenters. The smallest absolute Gasteiger partial charge is 0.330 e. The van der Waals surface area contributed by atoms with Crippen molar-refractivity contribution in [1.29, 1.82) is 0 Å². The SMILES string of the molecule is C=CC(=O)OC12CC3CC(C)(OC(=O)C1CC)C2O3. The van der Waals surface area contributed by atoms with Crippen LogP contribution in [0, 0.1) is 5.92 Å². The molecule has 0 aromatic heterocycles. The van der Waals surface area contributed by atoms with E-state index in [2.05, 4.69) is 6.58 Å². The summed E-state index contributed by atoms with van der Waals surface area (Å²) in [5.74, 6) is -1.26. The lowest BCUT2D eigenvalue weighted by molar-refractivity contribution is -0.231. The Morgan fingerprint density at radius 3 is 2.89 bits per heavy atom. The molecule has 0 aliphatic carbocycles. The molecule has 5 nitrogen and oxygen atoms in total. The average Bonchev–Trinajstić information content (AvgIpc) is 2.83. The zero-order valence-electron chi connectivity index (χ0n) is 11.2. The van der Waals surface area contributed by atoms with Crippen LogP contribution in [0.25, 0.3) is 0 Å². The summed E-state index contributed by atoms with van der Waals surface area (Å²) in [6, 6.07) is 0. The Labute approximate surface area is 111 Å². The molecular weight excluding hydrogens is 248 g/mol. The van der Waals surface area contributed by atoms with E-state index >= 15 is 0 Å². The van der Waals surface area contributed by atoms with Gasteiger partial charge in [0, 0.05) is 18.9 Å². The molecule has 3 aliphatic rings. The monoisotopic (exact) mass is 266 g/mol. The maximum absolute atomic E-state index is 12.2. The second-order valence-electron chi connectivity index (χ2n) is 5.82. The largest absolute Gasteiger partial charge is 0.456 e. The van der Waals surface area contributed by atoms with E-state index < -0.39 is 23.1 Å². The van der Waals surface area contributed by atoms with E-state index in [9.17, 15) is 9.59 Å². The molecule has 3 rings (SSSR count). The van der Waals surface area contributed by atoms with Gasteiger partial charge in [0.1, 0.15) is 11.7 Å². The van der Waals surface area contributed by atoms with Crippen molar-refractivity contribution in [2.75, 3.05) is 0 Å². The van der Waals surface area contributed by atoms with Gasteiger partial charge in [0.05, 0.1) is 12.0 Å². The summed E-state index contributed by atoms with van der Waals surface area (Å²) >= 11 is 0. The van der Waals surface area contributed by atoms with Crippen molar-refractivity contribution < 1.29 is 23.8 Å². The second kappa shape index (κ2) is 3.82. The summed E-state index contributed by atoms with van der Waals surface area (Å²) in [4.78, 5) is 23.9. The third kappa shape index (κ3) is 1.51. The van der Waals surface area contributed by atoms with Crippen molar-refractivity contribution in [3.63, 3.8) is 0 Å². The summed E-state index contributed by atoms with van der Waals surface area (Å²) in [5, 5.41) is 0. The van der Waals surface area contributed by atoms with Crippen molar-refractivity contribution in [3.05, 3.63) is 12.7 Å². The number of esters is 2. The lowest BCUT2D eigenvalue weighted by Crippen LogP contribution is -2.66. The number of ether oxygens (including phenoxy) is 3. The minimum absolute atomic E-state index is 0.00485. The molecule has 104 valence electrons. The van der Waals surface area contributed by atoms with Gasteiger partial charge in [-0.1, -0.05) is 13.5 Å². The Morgan fingerprint density at radius 2 is 2.32 bits per heavy atom. The fraction of sp³-hybridized carbons (Fsp3) is 0.714. The van der Waals surface area contributed by atoms with Crippen LogP contribution in [0.15, 0.2) is 12.7 Å². The second-order valence-corrected chi connectivity index (χ2v) is 5.82. The van der Waals surface area contributed by atoms with E-state index in [1.54, 1.807) is 0 Å². The summed E-state index contributed by atoms with van der Waals surface area (Å²) in [6.45, 7) is 7.17. The number of carbonyl (C=O) groups excluding carboxylic acids is 2. The topological polar surface area (TPSA) is 61.8 Å². The van der Waals surface area contributed by atoms with Gasteiger partial charge in [0.25, 0.3) is 0 Å². The van der Waals surface area contributed by atoms with E-state index in [0.717, 1.165) is 6.08 Å². The highest BCUT2D eigenvalue weighted by Gasteiger charge is 2.73. The van der Waals surface area contributed by atoms with Crippen LogP contribution in [-0.2, 0) is 23.8 Å². The Balaban J connectivity index is 2.03. The van der Waals surface area contributed by atoms with Crippen LogP contribution < -0.4 is 0 Å². The Bertz CT molecular complexity index is 459. The highest BCUT2D eigenvalue weighted by molar-refractivity contribution is 5.83. The number of fused-ring (bicyclic) bond motifs is 1. The molecule has 3 fully saturated rings. The molecule has 0 amide bonds. The highest BCUT2D eigenvalue weighted by atomic mass is 16.6. The number of rotatable bonds is 3. The van der Waals surface area contributed by atoms with E-state index in [4.69, 9.17) is 14.2 Å². The normalized spacial score (nSPS) is 46.8. The summed E-state index contributed by atoms with van der Waals surface area (Å²) in [6.07, 6.45) is 2.57. The van der Waals surface area contributed by atoms with Crippen LogP contribution in [0.4, 0.5) is 0 Å². The Hall–Kier alpha value is -1.36. The lowest BCUT2D eigenvalue weighted by Gasteiger charge is -2.50. The van der Waals surface area contributed by atoms with Crippen LogP contribution in [0.3, 0.4) is 0 Å². The van der Waals surface area contributed by atoms with Crippen molar-refractivity contribution >= 4 is 11.9 Å². The molecule has 0 N–H and O–H groups in total. The minimum atomic E-state index is -0.882. The van der Waals surface area contributed by atoms with Crippen LogP contribution >= 0.6 is 0 Å². The van der Waals surface area contributed by atoms with Gasteiger partial charge in [-0.15, -0.1) is 0 Å². The zero-order valence-corrected chi connectivity index (χ0v) is 11.2. The predicted octanol–water partition coefficient (Wildman–Crippen LogP) is 1.36. The van der Waals surface area contributed by atoms with Gasteiger partial charge in [-0.3, -0.25) is 4.79 Å². The summed E-state index contributed by atoms with van der Waals surface area (Å²) in [5.41, 5.74) is -1.56. The summed E-state index contributed by atoms with van der Waals surface area (Å²) in [7, 11) is 0. The van der Waals surface area contributed by atoms with Gasteiger partial charge in [0.2, 0.25) is 0 Å². The first-order valence-electron chi connectivity index (χ1n) is 6.69. The Kier molecular flexibility index (Phi) is 2.55. The van der Waals surface area contributed by atoms with Gasteiger partial charge >= 0.3 is 11.9 Å². The quantitative estimate of drug-likeness (QED) is 0.570. The molecule has 5 atom stereocenters. The van der Waals surface area contributed by atoms with Crippen LogP contribution in [0.5, 0.6) is 0 Å². The maximum atomic E-state index is 12.2. The first kappa shape index (κ1) is 12.7. The van der Waals surface area contributed by atoms with Gasteiger partial charge in [-0.2, -0.15) is 0 Å². The van der Waals surface area contributed by atoms with Gasteiger partial charge in [-0.25, -0.2) is 4.79 Å². The number of carbonyl (C=O) groups is 2. The standard InChI is InChI=1S/C14H18O5/c1-4-9-11(16)19-13(3)6-8-7-14(9,12(13)17-8)18-10(15)5-2/h5,8-9,12H,2,4,6-7H2,1,3H3. The van der Waals surface area contributed by atoms with Crippen LogP contribution in [0.2, 0.25) is 0 Å². The van der Waals surface area contributed by atoms with Gasteiger partial charge in [-0.05, 0) is 13.3 Å². The number of hydrogen-bond donors (Lipinski definition) is 0. The molecule has 0 spiro atoms. The molecule has 0 saturated carbocycles. The molecular formula is C14H18O5. The van der Waals surface area contributed by atoms with Crippen LogP contribution in [-0.4, -0.2) is 35.3 Å².